The second-order valence-corrected chi connectivity index (χ2v) is 6.32. The van der Waals surface area contributed by atoms with Gasteiger partial charge in [0.15, 0.2) is 0 Å². The van der Waals surface area contributed by atoms with E-state index in [2.05, 4.69) is 0 Å². The van der Waals surface area contributed by atoms with Gasteiger partial charge in [-0.1, -0.05) is 11.6 Å². The lowest BCUT2D eigenvalue weighted by Gasteiger charge is -1.99. The summed E-state index contributed by atoms with van der Waals surface area (Å²) in [5, 5.41) is 1.92. The third kappa shape index (κ3) is 2.03. The molecule has 0 aliphatic carbocycles. The number of carbonyl (C=O) groups is 1. The average Bonchev–Trinajstić information content (AvgIpc) is 3.10. The van der Waals surface area contributed by atoms with Gasteiger partial charge in [-0.05, 0) is 42.5 Å². The summed E-state index contributed by atoms with van der Waals surface area (Å²) in [7, 11) is 0. The summed E-state index contributed by atoms with van der Waals surface area (Å²) in [5.74, 6) is -0.515. The molecule has 5 heteroatoms. The summed E-state index contributed by atoms with van der Waals surface area (Å²) in [4.78, 5) is 13.1. The van der Waals surface area contributed by atoms with Crippen molar-refractivity contribution in [3.63, 3.8) is 0 Å². The van der Waals surface area contributed by atoms with Crippen molar-refractivity contribution in [1.82, 2.24) is 0 Å². The molecule has 2 heterocycles. The van der Waals surface area contributed by atoms with Crippen LogP contribution >= 0.6 is 22.9 Å². The Bertz CT molecular complexity index is 1030. The highest BCUT2D eigenvalue weighted by Gasteiger charge is 2.19. The largest absolute Gasteiger partial charge is 0.464 e. The minimum Gasteiger partial charge on any atom is -0.464 e. The first-order valence-electron chi connectivity index (χ1n) is 6.53. The van der Waals surface area contributed by atoms with Crippen molar-refractivity contribution < 1.29 is 13.6 Å². The molecule has 0 saturated heterocycles. The molecule has 2 aromatic carbocycles. The van der Waals surface area contributed by atoms with Gasteiger partial charge in [-0.3, -0.25) is 4.79 Å². The third-order valence-corrected chi connectivity index (χ3v) is 5.17. The summed E-state index contributed by atoms with van der Waals surface area (Å²) in [6.07, 6.45) is 1.58. The molecule has 0 spiro atoms. The van der Waals surface area contributed by atoms with E-state index in [1.807, 2.05) is 0 Å². The van der Waals surface area contributed by atoms with Gasteiger partial charge in [0.1, 0.15) is 11.4 Å². The number of halogens is 2. The van der Waals surface area contributed by atoms with E-state index in [0.717, 1.165) is 11.0 Å². The van der Waals surface area contributed by atoms with Gasteiger partial charge in [0, 0.05) is 21.0 Å². The van der Waals surface area contributed by atoms with E-state index < -0.39 is 0 Å². The highest BCUT2D eigenvalue weighted by atomic mass is 35.5. The zero-order chi connectivity index (χ0) is 15.3. The van der Waals surface area contributed by atoms with Gasteiger partial charge in [-0.15, -0.1) is 11.3 Å². The Morgan fingerprint density at radius 1 is 1.14 bits per heavy atom. The maximum Gasteiger partial charge on any atom is 0.204 e. The first-order chi connectivity index (χ1) is 10.6. The van der Waals surface area contributed by atoms with Gasteiger partial charge in [0.25, 0.3) is 0 Å². The molecule has 0 aliphatic heterocycles. The Morgan fingerprint density at radius 3 is 2.86 bits per heavy atom. The van der Waals surface area contributed by atoms with Gasteiger partial charge in [0.05, 0.1) is 16.2 Å². The van der Waals surface area contributed by atoms with Crippen LogP contribution < -0.4 is 0 Å². The minimum absolute atomic E-state index is 0.172. The average molecular weight is 331 g/mol. The maximum atomic E-state index is 13.3. The lowest BCUT2D eigenvalue weighted by molar-refractivity contribution is 0.104. The highest BCUT2D eigenvalue weighted by molar-refractivity contribution is 7.21. The molecule has 22 heavy (non-hydrogen) atoms. The lowest BCUT2D eigenvalue weighted by Crippen LogP contribution is -1.98. The van der Waals surface area contributed by atoms with Crippen LogP contribution in [0.2, 0.25) is 5.02 Å². The van der Waals surface area contributed by atoms with Crippen LogP contribution in [0, 0.1) is 5.82 Å². The van der Waals surface area contributed by atoms with Gasteiger partial charge < -0.3 is 4.42 Å². The Kier molecular flexibility index (Phi) is 3.03. The van der Waals surface area contributed by atoms with Crippen molar-refractivity contribution in [3.8, 4) is 0 Å². The number of hydrogen-bond acceptors (Lipinski definition) is 3. The monoisotopic (exact) mass is 330 g/mol. The number of rotatable bonds is 2. The van der Waals surface area contributed by atoms with Gasteiger partial charge in [-0.25, -0.2) is 4.39 Å². The number of benzene rings is 2. The molecular weight excluding hydrogens is 323 g/mol. The van der Waals surface area contributed by atoms with Crippen LogP contribution in [0.15, 0.2) is 53.1 Å². The fourth-order valence-corrected chi connectivity index (χ4v) is 3.93. The number of furan rings is 1. The molecule has 0 fully saturated rings. The van der Waals surface area contributed by atoms with Gasteiger partial charge in [0.2, 0.25) is 5.78 Å². The zero-order valence-electron chi connectivity index (χ0n) is 11.1. The Balaban J connectivity index is 1.86. The standard InChI is InChI=1S/C17H8ClFO2S/c18-15-12-3-2-11(19)8-14(12)22-17(15)16(20)10-1-4-13-9(7-10)5-6-21-13/h1-8H. The van der Waals surface area contributed by atoms with E-state index in [1.165, 1.54) is 23.5 Å². The van der Waals surface area contributed by atoms with Gasteiger partial charge >= 0.3 is 0 Å². The molecule has 4 rings (SSSR count). The SMILES string of the molecule is O=C(c1ccc2occc2c1)c1sc2cc(F)ccc2c1Cl. The molecular formula is C17H8ClFO2S. The quantitative estimate of drug-likeness (QED) is 0.443. The molecule has 2 aromatic heterocycles. The maximum absolute atomic E-state index is 13.3. The smallest absolute Gasteiger partial charge is 0.204 e. The molecule has 0 bridgehead atoms. The lowest BCUT2D eigenvalue weighted by atomic mass is 10.1. The molecule has 0 saturated carbocycles. The zero-order valence-corrected chi connectivity index (χ0v) is 12.7. The van der Waals surface area contributed by atoms with Crippen molar-refractivity contribution in [2.75, 3.05) is 0 Å². The fraction of sp³-hybridized carbons (Fsp3) is 0. The molecule has 0 amide bonds. The van der Waals surface area contributed by atoms with Crippen LogP contribution in [-0.2, 0) is 0 Å². The molecule has 2 nitrogen and oxygen atoms in total. The van der Waals surface area contributed by atoms with Crippen LogP contribution in [0.5, 0.6) is 0 Å². The van der Waals surface area contributed by atoms with Crippen LogP contribution in [-0.4, -0.2) is 5.78 Å². The van der Waals surface area contributed by atoms with E-state index in [0.29, 0.717) is 25.5 Å². The topological polar surface area (TPSA) is 30.2 Å². The highest BCUT2D eigenvalue weighted by Crippen LogP contribution is 2.37. The number of hydrogen-bond donors (Lipinski definition) is 0. The number of thiophene rings is 1. The summed E-state index contributed by atoms with van der Waals surface area (Å²) in [6, 6.07) is 11.4. The fourth-order valence-electron chi connectivity index (χ4n) is 2.42. The molecule has 0 atom stereocenters. The second-order valence-electron chi connectivity index (χ2n) is 4.89. The molecule has 108 valence electrons. The van der Waals surface area contributed by atoms with Crippen molar-refractivity contribution in [2.24, 2.45) is 0 Å². The Labute approximate surface area is 133 Å². The number of ketones is 1. The van der Waals surface area contributed by atoms with Crippen molar-refractivity contribution in [1.29, 1.82) is 0 Å². The van der Waals surface area contributed by atoms with Crippen molar-refractivity contribution >= 4 is 49.8 Å². The van der Waals surface area contributed by atoms with Crippen LogP contribution in [0.25, 0.3) is 21.1 Å². The van der Waals surface area contributed by atoms with E-state index in [-0.39, 0.29) is 11.6 Å². The van der Waals surface area contributed by atoms with Crippen molar-refractivity contribution in [2.45, 2.75) is 0 Å². The van der Waals surface area contributed by atoms with Crippen LogP contribution in [0.1, 0.15) is 15.2 Å². The van der Waals surface area contributed by atoms with E-state index in [9.17, 15) is 9.18 Å². The van der Waals surface area contributed by atoms with E-state index >= 15 is 0 Å². The Morgan fingerprint density at radius 2 is 2.00 bits per heavy atom. The summed E-state index contributed by atoms with van der Waals surface area (Å²) < 4.78 is 19.2. The Hall–Kier alpha value is -2.17. The first-order valence-corrected chi connectivity index (χ1v) is 7.72. The summed E-state index contributed by atoms with van der Waals surface area (Å²) >= 11 is 7.50. The normalized spacial score (nSPS) is 11.4. The van der Waals surface area contributed by atoms with E-state index in [4.69, 9.17) is 16.0 Å². The summed E-state index contributed by atoms with van der Waals surface area (Å²) in [5.41, 5.74) is 1.25. The number of carbonyl (C=O) groups excluding carboxylic acids is 1. The van der Waals surface area contributed by atoms with Crippen molar-refractivity contribution in [3.05, 3.63) is 70.0 Å². The predicted molar refractivity (Wildman–Crippen MR) is 86.4 cm³/mol. The first kappa shape index (κ1) is 13.5. The third-order valence-electron chi connectivity index (χ3n) is 3.51. The molecule has 0 radical (unpaired) electrons. The van der Waals surface area contributed by atoms with E-state index in [1.54, 1.807) is 36.6 Å². The predicted octanol–water partition coefficient (Wildman–Crippen LogP) is 5.67. The summed E-state index contributed by atoms with van der Waals surface area (Å²) in [6.45, 7) is 0. The van der Waals surface area contributed by atoms with Gasteiger partial charge in [-0.2, -0.15) is 0 Å². The molecule has 0 unspecified atom stereocenters. The van der Waals surface area contributed by atoms with Crippen LogP contribution in [0.3, 0.4) is 0 Å². The number of fused-ring (bicyclic) bond motifs is 2. The second kappa shape index (κ2) is 4.93. The molecule has 0 N–H and O–H groups in total. The minimum atomic E-state index is -0.343. The van der Waals surface area contributed by atoms with Crippen LogP contribution in [0.4, 0.5) is 4.39 Å². The molecule has 4 aromatic rings. The molecule has 0 aliphatic rings.